The van der Waals surface area contributed by atoms with Gasteiger partial charge in [-0.3, -0.25) is 4.79 Å². The second kappa shape index (κ2) is 5.35. The van der Waals surface area contributed by atoms with E-state index in [0.717, 1.165) is 0 Å². The molecule has 0 spiro atoms. The van der Waals surface area contributed by atoms with E-state index in [9.17, 15) is 9.18 Å². The van der Waals surface area contributed by atoms with Crippen LogP contribution in [0.4, 0.5) is 4.39 Å². The third-order valence-corrected chi connectivity index (χ3v) is 2.41. The molecular weight excluding hydrogens is 235 g/mol. The number of hydrogen-bond donors (Lipinski definition) is 1. The van der Waals surface area contributed by atoms with Gasteiger partial charge in [0, 0.05) is 23.9 Å². The Labute approximate surface area is 103 Å². The lowest BCUT2D eigenvalue weighted by atomic mass is 10.2. The fourth-order valence-electron chi connectivity index (χ4n) is 1.51. The summed E-state index contributed by atoms with van der Waals surface area (Å²) in [6.45, 7) is 0. The number of nitrogens with zero attached hydrogens (tertiary/aromatic N) is 2. The number of benzene rings is 1. The number of aromatic nitrogens is 2. The Balaban J connectivity index is 2.21. The van der Waals surface area contributed by atoms with Crippen LogP contribution in [0, 0.1) is 5.82 Å². The summed E-state index contributed by atoms with van der Waals surface area (Å²) in [4.78, 5) is 18.8. The number of rotatable bonds is 4. The quantitative estimate of drug-likeness (QED) is 0.899. The van der Waals surface area contributed by atoms with Crippen LogP contribution in [0.15, 0.2) is 36.5 Å². The highest BCUT2D eigenvalue weighted by Gasteiger charge is 2.04. The number of hydrogen-bond acceptors (Lipinski definition) is 3. The summed E-state index contributed by atoms with van der Waals surface area (Å²) in [6.07, 6.45) is 1.95. The Morgan fingerprint density at radius 3 is 2.61 bits per heavy atom. The molecule has 0 aliphatic carbocycles. The van der Waals surface area contributed by atoms with Gasteiger partial charge in [0.2, 0.25) is 0 Å². The third kappa shape index (κ3) is 3.10. The lowest BCUT2D eigenvalue weighted by molar-refractivity contribution is -0.136. The van der Waals surface area contributed by atoms with Crippen LogP contribution in [0.5, 0.6) is 0 Å². The molecule has 92 valence electrons. The average Bonchev–Trinajstić information content (AvgIpc) is 2.37. The molecule has 0 fully saturated rings. The van der Waals surface area contributed by atoms with Crippen LogP contribution in [-0.4, -0.2) is 21.0 Å². The van der Waals surface area contributed by atoms with Gasteiger partial charge in [-0.15, -0.1) is 0 Å². The standard InChI is InChI=1S/C13H11FN2O2/c14-10-3-1-9(2-4-10)13-15-8-7-11(16-13)5-6-12(17)18/h1-4,7-8H,5-6H2,(H,17,18). The van der Waals surface area contributed by atoms with Gasteiger partial charge in [-0.25, -0.2) is 14.4 Å². The highest BCUT2D eigenvalue weighted by atomic mass is 19.1. The van der Waals surface area contributed by atoms with E-state index >= 15 is 0 Å². The van der Waals surface area contributed by atoms with Crippen molar-refractivity contribution in [2.75, 3.05) is 0 Å². The molecule has 2 rings (SSSR count). The van der Waals surface area contributed by atoms with Crippen molar-refractivity contribution in [2.24, 2.45) is 0 Å². The molecule has 1 aromatic carbocycles. The minimum atomic E-state index is -0.864. The summed E-state index contributed by atoms with van der Waals surface area (Å²) in [5, 5.41) is 8.61. The van der Waals surface area contributed by atoms with Gasteiger partial charge in [0.1, 0.15) is 5.82 Å². The fraction of sp³-hybridized carbons (Fsp3) is 0.154. The van der Waals surface area contributed by atoms with Gasteiger partial charge in [0.05, 0.1) is 6.42 Å². The van der Waals surface area contributed by atoms with Gasteiger partial charge in [-0.05, 0) is 30.3 Å². The van der Waals surface area contributed by atoms with E-state index < -0.39 is 5.97 Å². The zero-order chi connectivity index (χ0) is 13.0. The van der Waals surface area contributed by atoms with E-state index in [0.29, 0.717) is 23.5 Å². The predicted molar refractivity (Wildman–Crippen MR) is 63.4 cm³/mol. The number of carboxylic acid groups (broad SMARTS) is 1. The molecule has 1 aromatic heterocycles. The summed E-state index contributed by atoms with van der Waals surface area (Å²) in [5.74, 6) is -0.712. The van der Waals surface area contributed by atoms with Crippen molar-refractivity contribution in [3.63, 3.8) is 0 Å². The van der Waals surface area contributed by atoms with Crippen LogP contribution in [0.1, 0.15) is 12.1 Å². The molecule has 1 N–H and O–H groups in total. The lowest BCUT2D eigenvalue weighted by Gasteiger charge is -2.02. The first-order valence-electron chi connectivity index (χ1n) is 5.45. The summed E-state index contributed by atoms with van der Waals surface area (Å²) in [7, 11) is 0. The molecule has 18 heavy (non-hydrogen) atoms. The van der Waals surface area contributed by atoms with Crippen LogP contribution in [0.3, 0.4) is 0 Å². The molecule has 2 aromatic rings. The van der Waals surface area contributed by atoms with Crippen molar-refractivity contribution in [3.8, 4) is 11.4 Å². The lowest BCUT2D eigenvalue weighted by Crippen LogP contribution is -2.00. The molecular formula is C13H11FN2O2. The number of carboxylic acids is 1. The molecule has 0 radical (unpaired) electrons. The van der Waals surface area contributed by atoms with Crippen molar-refractivity contribution in [2.45, 2.75) is 12.8 Å². The summed E-state index contributed by atoms with van der Waals surface area (Å²) in [5.41, 5.74) is 1.36. The monoisotopic (exact) mass is 246 g/mol. The van der Waals surface area contributed by atoms with Crippen LogP contribution >= 0.6 is 0 Å². The topological polar surface area (TPSA) is 63.1 Å². The molecule has 0 atom stereocenters. The van der Waals surface area contributed by atoms with E-state index in [1.807, 2.05) is 0 Å². The molecule has 5 heteroatoms. The Morgan fingerprint density at radius 2 is 1.94 bits per heavy atom. The molecule has 0 saturated heterocycles. The minimum Gasteiger partial charge on any atom is -0.481 e. The summed E-state index contributed by atoms with van der Waals surface area (Å²) >= 11 is 0. The van der Waals surface area contributed by atoms with E-state index in [1.54, 1.807) is 24.4 Å². The van der Waals surface area contributed by atoms with Crippen LogP contribution in [0.2, 0.25) is 0 Å². The Morgan fingerprint density at radius 1 is 1.22 bits per heavy atom. The average molecular weight is 246 g/mol. The fourth-order valence-corrected chi connectivity index (χ4v) is 1.51. The smallest absolute Gasteiger partial charge is 0.303 e. The molecule has 0 amide bonds. The number of halogens is 1. The molecule has 4 nitrogen and oxygen atoms in total. The second-order valence-corrected chi connectivity index (χ2v) is 3.77. The van der Waals surface area contributed by atoms with Gasteiger partial charge in [-0.1, -0.05) is 0 Å². The second-order valence-electron chi connectivity index (χ2n) is 3.77. The van der Waals surface area contributed by atoms with Crippen LogP contribution in [0.25, 0.3) is 11.4 Å². The molecule has 0 saturated carbocycles. The zero-order valence-corrected chi connectivity index (χ0v) is 9.51. The number of carbonyl (C=O) groups is 1. The highest BCUT2D eigenvalue weighted by molar-refractivity contribution is 5.67. The Kier molecular flexibility index (Phi) is 3.62. The molecule has 1 heterocycles. The maximum Gasteiger partial charge on any atom is 0.303 e. The van der Waals surface area contributed by atoms with Gasteiger partial charge in [-0.2, -0.15) is 0 Å². The summed E-state index contributed by atoms with van der Waals surface area (Å²) in [6, 6.07) is 7.53. The molecule has 0 unspecified atom stereocenters. The highest BCUT2D eigenvalue weighted by Crippen LogP contribution is 2.15. The first kappa shape index (κ1) is 12.2. The SMILES string of the molecule is O=C(O)CCc1ccnc(-c2ccc(F)cc2)n1. The first-order valence-corrected chi connectivity index (χ1v) is 5.45. The predicted octanol–water partition coefficient (Wildman–Crippen LogP) is 2.30. The van der Waals surface area contributed by atoms with Crippen molar-refractivity contribution < 1.29 is 14.3 Å². The summed E-state index contributed by atoms with van der Waals surface area (Å²) < 4.78 is 12.8. The van der Waals surface area contributed by atoms with E-state index in [-0.39, 0.29) is 12.2 Å². The number of aryl methyl sites for hydroxylation is 1. The van der Waals surface area contributed by atoms with E-state index in [1.165, 1.54) is 12.1 Å². The molecule has 0 aliphatic rings. The Bertz CT molecular complexity index is 555. The normalized spacial score (nSPS) is 10.3. The largest absolute Gasteiger partial charge is 0.481 e. The maximum atomic E-state index is 12.8. The van der Waals surface area contributed by atoms with Crippen molar-refractivity contribution in [3.05, 3.63) is 48.0 Å². The van der Waals surface area contributed by atoms with E-state index in [4.69, 9.17) is 5.11 Å². The van der Waals surface area contributed by atoms with Crippen LogP contribution < -0.4 is 0 Å². The van der Waals surface area contributed by atoms with Crippen molar-refractivity contribution in [1.82, 2.24) is 9.97 Å². The van der Waals surface area contributed by atoms with Gasteiger partial charge in [0.15, 0.2) is 5.82 Å². The first-order chi connectivity index (χ1) is 8.65. The van der Waals surface area contributed by atoms with Gasteiger partial charge >= 0.3 is 5.97 Å². The third-order valence-electron chi connectivity index (χ3n) is 2.41. The van der Waals surface area contributed by atoms with Gasteiger partial charge < -0.3 is 5.11 Å². The van der Waals surface area contributed by atoms with Crippen molar-refractivity contribution in [1.29, 1.82) is 0 Å². The van der Waals surface area contributed by atoms with Gasteiger partial charge in [0.25, 0.3) is 0 Å². The molecule has 0 bridgehead atoms. The maximum absolute atomic E-state index is 12.8. The minimum absolute atomic E-state index is 0.0276. The Hall–Kier alpha value is -2.30. The zero-order valence-electron chi connectivity index (χ0n) is 9.51. The van der Waals surface area contributed by atoms with Crippen molar-refractivity contribution >= 4 is 5.97 Å². The molecule has 0 aliphatic heterocycles. The van der Waals surface area contributed by atoms with Crippen LogP contribution in [-0.2, 0) is 11.2 Å². The number of aliphatic carboxylic acids is 1. The van der Waals surface area contributed by atoms with E-state index in [2.05, 4.69) is 9.97 Å².